The average Bonchev–Trinajstić information content (AvgIpc) is 3.11. The van der Waals surface area contributed by atoms with Gasteiger partial charge in [-0.05, 0) is 157 Å². The van der Waals surface area contributed by atoms with Crippen LogP contribution in [0.2, 0.25) is 0 Å². The third-order valence-corrected chi connectivity index (χ3v) is 10.2. The second kappa shape index (κ2) is 16.3. The fraction of sp³-hybridized carbons (Fsp3) is 0.462. The van der Waals surface area contributed by atoms with Gasteiger partial charge in [-0.3, -0.25) is 9.59 Å². The zero-order valence-electron chi connectivity index (χ0n) is 27.3. The lowest BCUT2D eigenvalue weighted by atomic mass is 9.74. The van der Waals surface area contributed by atoms with Crippen molar-refractivity contribution in [1.29, 1.82) is 5.26 Å². The van der Waals surface area contributed by atoms with Crippen molar-refractivity contribution < 1.29 is 23.1 Å². The van der Waals surface area contributed by atoms with Crippen LogP contribution in [-0.2, 0) is 5.41 Å². The third-order valence-electron chi connectivity index (χ3n) is 10.2. The number of carbonyl (C=O) groups excluding carboxylic acids is 2. The number of ether oxygens (including phenoxy) is 1. The van der Waals surface area contributed by atoms with Crippen LogP contribution in [0.4, 0.5) is 8.78 Å². The minimum absolute atomic E-state index is 0.0437. The number of likely N-dealkylation sites (tertiary alicyclic amines) is 2. The molecule has 0 aliphatic carbocycles. The Hall–Kier alpha value is -3.93. The first kappa shape index (κ1) is 34.4. The first-order valence-corrected chi connectivity index (χ1v) is 16.9. The van der Waals surface area contributed by atoms with Gasteiger partial charge in [-0.2, -0.15) is 5.26 Å². The third kappa shape index (κ3) is 8.91. The first-order chi connectivity index (χ1) is 22.8. The zero-order valence-corrected chi connectivity index (χ0v) is 27.3. The summed E-state index contributed by atoms with van der Waals surface area (Å²) in [6.45, 7) is 5.04. The Morgan fingerprint density at radius 1 is 0.766 bits per heavy atom. The molecule has 0 amide bonds. The molecule has 0 radical (unpaired) electrons. The van der Waals surface area contributed by atoms with Crippen molar-refractivity contribution in [2.45, 2.75) is 56.8 Å². The molecule has 3 aromatic carbocycles. The lowest BCUT2D eigenvalue weighted by molar-refractivity contribution is 0.0833. The minimum atomic E-state index is -0.651. The molecule has 0 atom stereocenters. The number of hydrogen-bond donors (Lipinski definition) is 0. The SMILES string of the molecule is COc1cccc(C(C#N)(CCCN2CCC(C(=O)c3ccc(F)cc3)CC2)CCCN2CCC(C(=O)c3ccc(F)cc3)CC2)c1. The van der Waals surface area contributed by atoms with Gasteiger partial charge >= 0.3 is 0 Å². The highest BCUT2D eigenvalue weighted by molar-refractivity contribution is 5.98. The van der Waals surface area contributed by atoms with Crippen LogP contribution in [0.15, 0.2) is 72.8 Å². The van der Waals surface area contributed by atoms with E-state index in [1.165, 1.54) is 24.3 Å². The number of ketones is 2. The Morgan fingerprint density at radius 2 is 1.21 bits per heavy atom. The molecular weight excluding hydrogens is 596 g/mol. The largest absolute Gasteiger partial charge is 0.497 e. The summed E-state index contributed by atoms with van der Waals surface area (Å²) in [6.07, 6.45) is 6.28. The van der Waals surface area contributed by atoms with E-state index in [0.29, 0.717) is 11.1 Å². The maximum absolute atomic E-state index is 13.3. The number of rotatable bonds is 14. The van der Waals surface area contributed by atoms with E-state index in [2.05, 4.69) is 15.9 Å². The van der Waals surface area contributed by atoms with Gasteiger partial charge in [-0.25, -0.2) is 8.78 Å². The van der Waals surface area contributed by atoms with Crippen LogP contribution < -0.4 is 4.74 Å². The van der Waals surface area contributed by atoms with Gasteiger partial charge in [-0.15, -0.1) is 0 Å². The fourth-order valence-electron chi connectivity index (χ4n) is 7.26. The summed E-state index contributed by atoms with van der Waals surface area (Å²) in [6, 6.07) is 22.2. The highest BCUT2D eigenvalue weighted by Gasteiger charge is 2.34. The number of piperidine rings is 2. The maximum Gasteiger partial charge on any atom is 0.166 e. The van der Waals surface area contributed by atoms with Crippen LogP contribution in [0.25, 0.3) is 0 Å². The Balaban J connectivity index is 1.13. The average molecular weight is 642 g/mol. The summed E-state index contributed by atoms with van der Waals surface area (Å²) >= 11 is 0. The number of Topliss-reactive ketones (excluding diaryl/α,β-unsaturated/α-hetero) is 2. The maximum atomic E-state index is 13.3. The van der Waals surface area contributed by atoms with E-state index in [0.717, 1.165) is 102 Å². The lowest BCUT2D eigenvalue weighted by Crippen LogP contribution is -2.38. The predicted molar refractivity (Wildman–Crippen MR) is 179 cm³/mol. The van der Waals surface area contributed by atoms with Gasteiger partial charge in [0.15, 0.2) is 11.6 Å². The standard InChI is InChI=1S/C39H45F2N3O3/c1-47-36-6-2-5-33(27-36)39(28-42,19-3-21-43-23-15-31(16-24-43)37(45)29-7-11-34(40)12-8-29)20-4-22-44-25-17-32(18-26-44)38(46)30-9-13-35(41)14-10-30/h2,5-14,27,31-32H,3-4,15-26H2,1H3. The van der Waals surface area contributed by atoms with Gasteiger partial charge in [0.25, 0.3) is 0 Å². The molecule has 2 fully saturated rings. The van der Waals surface area contributed by atoms with Crippen molar-refractivity contribution in [3.05, 3.63) is 101 Å². The topological polar surface area (TPSA) is 73.6 Å². The molecule has 6 nitrogen and oxygen atoms in total. The molecule has 0 aromatic heterocycles. The van der Waals surface area contributed by atoms with E-state index < -0.39 is 5.41 Å². The number of benzene rings is 3. The summed E-state index contributed by atoms with van der Waals surface area (Å²) in [5.74, 6) is 0.162. The minimum Gasteiger partial charge on any atom is -0.497 e. The van der Waals surface area contributed by atoms with Crippen molar-refractivity contribution in [3.8, 4) is 11.8 Å². The lowest BCUT2D eigenvalue weighted by Gasteiger charge is -2.34. The van der Waals surface area contributed by atoms with Crippen molar-refractivity contribution in [3.63, 3.8) is 0 Å². The van der Waals surface area contributed by atoms with Crippen molar-refractivity contribution >= 4 is 11.6 Å². The Labute approximate surface area is 277 Å². The summed E-state index contributed by atoms with van der Waals surface area (Å²) < 4.78 is 32.1. The molecule has 0 saturated carbocycles. The van der Waals surface area contributed by atoms with Crippen LogP contribution in [-0.4, -0.2) is 67.7 Å². The van der Waals surface area contributed by atoms with Gasteiger partial charge in [0.05, 0.1) is 18.6 Å². The molecule has 0 N–H and O–H groups in total. The second-order valence-electron chi connectivity index (χ2n) is 13.1. The molecule has 2 aliphatic heterocycles. The van der Waals surface area contributed by atoms with Crippen LogP contribution in [0.3, 0.4) is 0 Å². The number of methoxy groups -OCH3 is 1. The normalized spacial score (nSPS) is 16.9. The fourth-order valence-corrected chi connectivity index (χ4v) is 7.26. The number of hydrogen-bond acceptors (Lipinski definition) is 6. The molecule has 2 heterocycles. The molecule has 3 aromatic rings. The second-order valence-corrected chi connectivity index (χ2v) is 13.1. The van der Waals surface area contributed by atoms with Gasteiger partial charge in [-0.1, -0.05) is 12.1 Å². The van der Waals surface area contributed by atoms with Gasteiger partial charge in [0, 0.05) is 23.0 Å². The molecule has 248 valence electrons. The van der Waals surface area contributed by atoms with E-state index in [1.54, 1.807) is 31.4 Å². The quantitative estimate of drug-likeness (QED) is 0.170. The number of nitrogens with zero attached hydrogens (tertiary/aromatic N) is 3. The van der Waals surface area contributed by atoms with Crippen LogP contribution in [0.1, 0.15) is 77.6 Å². The van der Waals surface area contributed by atoms with E-state index in [1.807, 2.05) is 24.3 Å². The summed E-state index contributed by atoms with van der Waals surface area (Å²) in [5, 5.41) is 10.7. The molecule has 8 heteroatoms. The highest BCUT2D eigenvalue weighted by Crippen LogP contribution is 2.36. The molecule has 5 rings (SSSR count). The predicted octanol–water partition coefficient (Wildman–Crippen LogP) is 7.48. The molecule has 0 spiro atoms. The van der Waals surface area contributed by atoms with E-state index >= 15 is 0 Å². The molecule has 0 unspecified atom stereocenters. The van der Waals surface area contributed by atoms with E-state index in [9.17, 15) is 23.6 Å². The van der Waals surface area contributed by atoms with Crippen molar-refractivity contribution in [2.75, 3.05) is 46.4 Å². The summed E-state index contributed by atoms with van der Waals surface area (Å²) in [5.41, 5.74) is 1.48. The first-order valence-electron chi connectivity index (χ1n) is 16.9. The van der Waals surface area contributed by atoms with E-state index in [4.69, 9.17) is 4.74 Å². The number of halogens is 2. The number of nitriles is 1. The molecular formula is C39H45F2N3O3. The van der Waals surface area contributed by atoms with Gasteiger partial charge in [0.1, 0.15) is 17.4 Å². The van der Waals surface area contributed by atoms with Crippen LogP contribution in [0.5, 0.6) is 5.75 Å². The molecule has 47 heavy (non-hydrogen) atoms. The summed E-state index contributed by atoms with van der Waals surface area (Å²) in [7, 11) is 1.64. The summed E-state index contributed by atoms with van der Waals surface area (Å²) in [4.78, 5) is 30.6. The molecule has 2 aliphatic rings. The van der Waals surface area contributed by atoms with Crippen LogP contribution >= 0.6 is 0 Å². The molecule has 2 saturated heterocycles. The van der Waals surface area contributed by atoms with Crippen molar-refractivity contribution in [2.24, 2.45) is 11.8 Å². The van der Waals surface area contributed by atoms with Crippen molar-refractivity contribution in [1.82, 2.24) is 9.80 Å². The molecule has 0 bridgehead atoms. The van der Waals surface area contributed by atoms with E-state index in [-0.39, 0.29) is 35.0 Å². The Kier molecular flexibility index (Phi) is 11.9. The van der Waals surface area contributed by atoms with Gasteiger partial charge in [0.2, 0.25) is 0 Å². The van der Waals surface area contributed by atoms with Gasteiger partial charge < -0.3 is 14.5 Å². The Bertz CT molecular complexity index is 1440. The highest BCUT2D eigenvalue weighted by atomic mass is 19.1. The smallest absolute Gasteiger partial charge is 0.166 e. The van der Waals surface area contributed by atoms with Crippen LogP contribution in [0, 0.1) is 34.8 Å². The Morgan fingerprint density at radius 3 is 1.62 bits per heavy atom. The monoisotopic (exact) mass is 641 g/mol. The number of carbonyl (C=O) groups is 2. The zero-order chi connectivity index (χ0) is 33.2.